The van der Waals surface area contributed by atoms with Crippen molar-refractivity contribution in [1.82, 2.24) is 9.80 Å². The molecule has 1 aliphatic heterocycles. The molecule has 3 rings (SSSR count). The van der Waals surface area contributed by atoms with Crippen LogP contribution in [-0.2, 0) is 9.59 Å². The highest BCUT2D eigenvalue weighted by molar-refractivity contribution is 7.99. The van der Waals surface area contributed by atoms with Crippen molar-refractivity contribution < 1.29 is 9.59 Å². The van der Waals surface area contributed by atoms with Crippen molar-refractivity contribution in [2.75, 3.05) is 25.9 Å². The molecule has 5 heteroatoms. The zero-order valence-electron chi connectivity index (χ0n) is 14.5. The lowest BCUT2D eigenvalue weighted by Crippen LogP contribution is -2.48. The van der Waals surface area contributed by atoms with Crippen LogP contribution in [0.5, 0.6) is 0 Å². The second kappa shape index (κ2) is 7.45. The van der Waals surface area contributed by atoms with Crippen molar-refractivity contribution in [2.24, 2.45) is 11.8 Å². The van der Waals surface area contributed by atoms with Gasteiger partial charge in [-0.2, -0.15) is 11.8 Å². The first-order chi connectivity index (χ1) is 11.1. The van der Waals surface area contributed by atoms with Gasteiger partial charge >= 0.3 is 0 Å². The smallest absolute Gasteiger partial charge is 0.227 e. The Kier molecular flexibility index (Phi) is 5.55. The van der Waals surface area contributed by atoms with E-state index in [0.29, 0.717) is 18.5 Å². The minimum atomic E-state index is 0.0225. The molecule has 0 spiro atoms. The third-order valence-corrected chi connectivity index (χ3v) is 6.90. The van der Waals surface area contributed by atoms with E-state index >= 15 is 0 Å². The number of carbonyl (C=O) groups excluding carboxylic acids is 2. The summed E-state index contributed by atoms with van der Waals surface area (Å²) in [5.41, 5.74) is 0. The van der Waals surface area contributed by atoms with Gasteiger partial charge in [0.05, 0.1) is 5.92 Å². The van der Waals surface area contributed by atoms with Crippen molar-refractivity contribution in [1.29, 1.82) is 0 Å². The van der Waals surface area contributed by atoms with Crippen LogP contribution in [0.1, 0.15) is 51.9 Å². The molecule has 0 radical (unpaired) electrons. The van der Waals surface area contributed by atoms with Crippen LogP contribution in [0.2, 0.25) is 0 Å². The molecule has 3 unspecified atom stereocenters. The van der Waals surface area contributed by atoms with Crippen LogP contribution in [0, 0.1) is 11.8 Å². The van der Waals surface area contributed by atoms with Crippen molar-refractivity contribution >= 4 is 23.6 Å². The second-order valence-electron chi connectivity index (χ2n) is 7.39. The standard InChI is InChI=1S/C18H30N2O2S/c1-3-23-16-9-8-15(11-16)19(2)17(21)14-5-4-10-20(12-14)18(22)13-6-7-13/h13-16H,3-12H2,1-2H3. The van der Waals surface area contributed by atoms with E-state index in [1.807, 2.05) is 28.6 Å². The maximum Gasteiger partial charge on any atom is 0.227 e. The Morgan fingerprint density at radius 2 is 1.91 bits per heavy atom. The molecule has 130 valence electrons. The summed E-state index contributed by atoms with van der Waals surface area (Å²) in [6, 6.07) is 0.404. The van der Waals surface area contributed by atoms with E-state index in [-0.39, 0.29) is 17.7 Å². The molecule has 0 N–H and O–H groups in total. The number of thioether (sulfide) groups is 1. The first-order valence-corrected chi connectivity index (χ1v) is 10.3. The fourth-order valence-electron chi connectivity index (χ4n) is 4.09. The minimum absolute atomic E-state index is 0.0225. The third-order valence-electron chi connectivity index (χ3n) is 5.66. The Morgan fingerprint density at radius 3 is 2.61 bits per heavy atom. The quantitative estimate of drug-likeness (QED) is 0.774. The van der Waals surface area contributed by atoms with Crippen LogP contribution in [0.4, 0.5) is 0 Å². The predicted octanol–water partition coefficient (Wildman–Crippen LogP) is 2.77. The van der Waals surface area contributed by atoms with Crippen molar-refractivity contribution in [3.05, 3.63) is 0 Å². The zero-order chi connectivity index (χ0) is 16.4. The van der Waals surface area contributed by atoms with E-state index in [1.165, 1.54) is 6.42 Å². The molecule has 0 aromatic rings. The van der Waals surface area contributed by atoms with Gasteiger partial charge in [0.2, 0.25) is 11.8 Å². The fraction of sp³-hybridized carbons (Fsp3) is 0.889. The van der Waals surface area contributed by atoms with Gasteiger partial charge in [0, 0.05) is 37.3 Å². The molecule has 3 atom stereocenters. The summed E-state index contributed by atoms with van der Waals surface area (Å²) in [4.78, 5) is 29.1. The molecule has 2 saturated carbocycles. The van der Waals surface area contributed by atoms with Crippen molar-refractivity contribution in [3.63, 3.8) is 0 Å². The van der Waals surface area contributed by atoms with Crippen LogP contribution in [0.15, 0.2) is 0 Å². The summed E-state index contributed by atoms with van der Waals surface area (Å²) < 4.78 is 0. The Morgan fingerprint density at radius 1 is 1.13 bits per heavy atom. The summed E-state index contributed by atoms with van der Waals surface area (Å²) >= 11 is 2.03. The second-order valence-corrected chi connectivity index (χ2v) is 8.97. The maximum atomic E-state index is 12.9. The van der Waals surface area contributed by atoms with Crippen LogP contribution in [0.3, 0.4) is 0 Å². The average Bonchev–Trinajstić information content (AvgIpc) is 3.32. The number of likely N-dealkylation sites (tertiary alicyclic amines) is 1. The Hall–Kier alpha value is -0.710. The van der Waals surface area contributed by atoms with E-state index in [4.69, 9.17) is 0 Å². The molecular formula is C18H30N2O2S. The van der Waals surface area contributed by atoms with E-state index in [2.05, 4.69) is 6.92 Å². The number of hydrogen-bond donors (Lipinski definition) is 0. The highest BCUT2D eigenvalue weighted by atomic mass is 32.2. The summed E-state index contributed by atoms with van der Waals surface area (Å²) in [6.45, 7) is 3.71. The van der Waals surface area contributed by atoms with E-state index in [0.717, 1.165) is 56.1 Å². The first kappa shape index (κ1) is 17.1. The number of rotatable bonds is 5. The van der Waals surface area contributed by atoms with Gasteiger partial charge < -0.3 is 9.80 Å². The molecule has 1 heterocycles. The normalized spacial score (nSPS) is 31.2. The molecular weight excluding hydrogens is 308 g/mol. The monoisotopic (exact) mass is 338 g/mol. The number of nitrogens with zero attached hydrogens (tertiary/aromatic N) is 2. The van der Waals surface area contributed by atoms with Gasteiger partial charge in [-0.15, -0.1) is 0 Å². The van der Waals surface area contributed by atoms with Gasteiger partial charge in [-0.05, 0) is 50.7 Å². The predicted molar refractivity (Wildman–Crippen MR) is 94.4 cm³/mol. The lowest BCUT2D eigenvalue weighted by molar-refractivity contribution is -0.141. The Balaban J connectivity index is 1.53. The molecule has 0 aromatic carbocycles. The van der Waals surface area contributed by atoms with Gasteiger partial charge in [-0.3, -0.25) is 9.59 Å². The summed E-state index contributed by atoms with van der Waals surface area (Å²) in [5, 5.41) is 0.722. The summed E-state index contributed by atoms with van der Waals surface area (Å²) in [6.07, 6.45) is 7.52. The molecule has 4 nitrogen and oxygen atoms in total. The molecule has 1 saturated heterocycles. The van der Waals surface area contributed by atoms with Crippen LogP contribution >= 0.6 is 11.8 Å². The maximum absolute atomic E-state index is 12.9. The third kappa shape index (κ3) is 4.04. The average molecular weight is 339 g/mol. The number of carbonyl (C=O) groups is 2. The molecule has 0 aromatic heterocycles. The lowest BCUT2D eigenvalue weighted by atomic mass is 9.95. The molecule has 2 amide bonds. The van der Waals surface area contributed by atoms with Crippen molar-refractivity contribution in [2.45, 2.75) is 63.2 Å². The highest BCUT2D eigenvalue weighted by Crippen LogP contribution is 2.35. The van der Waals surface area contributed by atoms with Crippen LogP contribution in [-0.4, -0.2) is 58.8 Å². The van der Waals surface area contributed by atoms with Gasteiger partial charge in [0.15, 0.2) is 0 Å². The largest absolute Gasteiger partial charge is 0.342 e. The molecule has 3 aliphatic rings. The van der Waals surface area contributed by atoms with E-state index < -0.39 is 0 Å². The van der Waals surface area contributed by atoms with E-state index in [1.54, 1.807) is 0 Å². The van der Waals surface area contributed by atoms with Gasteiger partial charge in [-0.1, -0.05) is 6.92 Å². The Bertz CT molecular complexity index is 452. The lowest BCUT2D eigenvalue weighted by Gasteiger charge is -2.35. The van der Waals surface area contributed by atoms with Gasteiger partial charge in [-0.25, -0.2) is 0 Å². The first-order valence-electron chi connectivity index (χ1n) is 9.27. The highest BCUT2D eigenvalue weighted by Gasteiger charge is 2.38. The molecule has 2 aliphatic carbocycles. The summed E-state index contributed by atoms with van der Waals surface area (Å²) in [7, 11) is 1.98. The van der Waals surface area contributed by atoms with Crippen LogP contribution < -0.4 is 0 Å². The topological polar surface area (TPSA) is 40.6 Å². The summed E-state index contributed by atoms with van der Waals surface area (Å²) in [5.74, 6) is 2.02. The number of amides is 2. The molecule has 0 bridgehead atoms. The molecule has 23 heavy (non-hydrogen) atoms. The van der Waals surface area contributed by atoms with Gasteiger partial charge in [0.25, 0.3) is 0 Å². The van der Waals surface area contributed by atoms with Crippen molar-refractivity contribution in [3.8, 4) is 0 Å². The fourth-order valence-corrected chi connectivity index (χ4v) is 5.22. The number of piperidine rings is 1. The molecule has 3 fully saturated rings. The zero-order valence-corrected chi connectivity index (χ0v) is 15.3. The van der Waals surface area contributed by atoms with Gasteiger partial charge in [0.1, 0.15) is 0 Å². The van der Waals surface area contributed by atoms with E-state index in [9.17, 15) is 9.59 Å². The van der Waals surface area contributed by atoms with Crippen LogP contribution in [0.25, 0.3) is 0 Å². The minimum Gasteiger partial charge on any atom is -0.342 e. The SMILES string of the molecule is CCSC1CCC(N(C)C(=O)C2CCCN(C(=O)C3CC3)C2)C1. The Labute approximate surface area is 144 Å². The number of hydrogen-bond acceptors (Lipinski definition) is 3.